The van der Waals surface area contributed by atoms with Crippen LogP contribution in [0.2, 0.25) is 0 Å². The van der Waals surface area contributed by atoms with Gasteiger partial charge in [0, 0.05) is 49.8 Å². The second-order valence-electron chi connectivity index (χ2n) is 7.33. The van der Waals surface area contributed by atoms with Crippen LogP contribution in [-0.4, -0.2) is 27.5 Å². The van der Waals surface area contributed by atoms with E-state index >= 15 is 0 Å². The lowest BCUT2D eigenvalue weighted by atomic mass is 9.76. The molecule has 0 fully saturated rings. The van der Waals surface area contributed by atoms with Crippen molar-refractivity contribution < 1.29 is 14.5 Å². The molecule has 2 heterocycles. The van der Waals surface area contributed by atoms with Gasteiger partial charge in [-0.2, -0.15) is 0 Å². The Morgan fingerprint density at radius 2 is 2.07 bits per heavy atom. The normalized spacial score (nSPS) is 20.3. The van der Waals surface area contributed by atoms with Gasteiger partial charge in [-0.05, 0) is 26.0 Å². The first-order chi connectivity index (χ1) is 12.6. The van der Waals surface area contributed by atoms with Gasteiger partial charge in [-0.25, -0.2) is 0 Å². The molecule has 1 unspecified atom stereocenters. The molecule has 0 aliphatic carbocycles. The monoisotopic (exact) mass is 371 g/mol. The number of rotatable bonds is 4. The molecule has 1 aromatic heterocycles. The van der Waals surface area contributed by atoms with Crippen LogP contribution in [0.5, 0.6) is 5.75 Å². The second kappa shape index (κ2) is 6.53. The highest BCUT2D eigenvalue weighted by atomic mass is 16.6. The fourth-order valence-corrected chi connectivity index (χ4v) is 3.73. The summed E-state index contributed by atoms with van der Waals surface area (Å²) in [7, 11) is 0. The maximum Gasteiger partial charge on any atom is 0.270 e. The number of ether oxygens (including phenoxy) is 1. The molecule has 8 nitrogen and oxygen atoms in total. The minimum atomic E-state index is -1.02. The number of hydrogen-bond acceptors (Lipinski definition) is 5. The number of carbonyl (C=O) groups is 1. The molecule has 27 heavy (non-hydrogen) atoms. The van der Waals surface area contributed by atoms with Crippen LogP contribution < -0.4 is 15.6 Å². The molecule has 1 N–H and O–H groups in total. The van der Waals surface area contributed by atoms with E-state index in [1.54, 1.807) is 24.4 Å². The summed E-state index contributed by atoms with van der Waals surface area (Å²) in [5, 5.41) is 14.1. The number of nitrogens with zero attached hydrogens (tertiary/aromatic N) is 2. The van der Waals surface area contributed by atoms with Crippen LogP contribution in [0, 0.1) is 10.1 Å². The predicted molar refractivity (Wildman–Crippen MR) is 98.9 cm³/mol. The molecular weight excluding hydrogens is 350 g/mol. The molecule has 0 bridgehead atoms. The summed E-state index contributed by atoms with van der Waals surface area (Å²) >= 11 is 0. The van der Waals surface area contributed by atoms with E-state index in [4.69, 9.17) is 4.74 Å². The van der Waals surface area contributed by atoms with Crippen LogP contribution in [0.25, 0.3) is 0 Å². The molecule has 0 spiro atoms. The number of carbonyl (C=O) groups excluding carboxylic acids is 1. The van der Waals surface area contributed by atoms with Crippen LogP contribution in [-0.2, 0) is 10.3 Å². The number of non-ortho nitro benzene ring substituents is 1. The number of amides is 1. The molecule has 1 aliphatic rings. The van der Waals surface area contributed by atoms with E-state index in [1.807, 2.05) is 13.8 Å². The number of nitro benzene ring substituents is 1. The van der Waals surface area contributed by atoms with Crippen molar-refractivity contribution in [2.75, 3.05) is 6.54 Å². The number of aromatic nitrogens is 1. The lowest BCUT2D eigenvalue weighted by Gasteiger charge is -2.46. The van der Waals surface area contributed by atoms with Crippen LogP contribution in [0.3, 0.4) is 0 Å². The molecule has 2 aromatic rings. The summed E-state index contributed by atoms with van der Waals surface area (Å²) in [5.41, 5.74) is -1.55. The fraction of sp³-hybridized carbons (Fsp3) is 0.368. The molecular formula is C19H21N3O5. The van der Waals surface area contributed by atoms with Crippen LogP contribution >= 0.6 is 0 Å². The molecule has 1 amide bonds. The Morgan fingerprint density at radius 1 is 1.33 bits per heavy atom. The van der Waals surface area contributed by atoms with Crippen LogP contribution in [0.4, 0.5) is 5.69 Å². The second-order valence-corrected chi connectivity index (χ2v) is 7.33. The number of pyridine rings is 1. The molecule has 1 aliphatic heterocycles. The summed E-state index contributed by atoms with van der Waals surface area (Å²) in [6, 6.07) is 9.11. The number of nitro groups is 1. The van der Waals surface area contributed by atoms with Gasteiger partial charge < -0.3 is 14.6 Å². The minimum absolute atomic E-state index is 0.103. The summed E-state index contributed by atoms with van der Waals surface area (Å²) in [6.07, 6.45) is 1.98. The highest BCUT2D eigenvalue weighted by Gasteiger charge is 2.47. The van der Waals surface area contributed by atoms with Crippen LogP contribution in [0.1, 0.15) is 32.8 Å². The highest BCUT2D eigenvalue weighted by molar-refractivity contribution is 5.73. The number of fused-ring (bicyclic) bond motifs is 1. The lowest BCUT2D eigenvalue weighted by Crippen LogP contribution is -2.56. The Bertz CT molecular complexity index is 966. The summed E-state index contributed by atoms with van der Waals surface area (Å²) in [6.45, 7) is 5.26. The van der Waals surface area contributed by atoms with Gasteiger partial charge in [-0.1, -0.05) is 6.07 Å². The third-order valence-electron chi connectivity index (χ3n) is 4.69. The maximum absolute atomic E-state index is 12.7. The Morgan fingerprint density at radius 3 is 2.70 bits per heavy atom. The minimum Gasteiger partial charge on any atom is -0.487 e. The lowest BCUT2D eigenvalue weighted by molar-refractivity contribution is -0.385. The summed E-state index contributed by atoms with van der Waals surface area (Å²) in [5.74, 6) is 0.201. The number of benzene rings is 1. The molecule has 0 radical (unpaired) electrons. The first-order valence-electron chi connectivity index (χ1n) is 8.55. The first-order valence-corrected chi connectivity index (χ1v) is 8.55. The zero-order valence-electron chi connectivity index (χ0n) is 15.4. The van der Waals surface area contributed by atoms with Gasteiger partial charge in [0.1, 0.15) is 11.4 Å². The van der Waals surface area contributed by atoms with Gasteiger partial charge in [0.15, 0.2) is 0 Å². The smallest absolute Gasteiger partial charge is 0.270 e. The van der Waals surface area contributed by atoms with Crippen molar-refractivity contribution in [3.8, 4) is 5.75 Å². The molecule has 0 saturated carbocycles. The van der Waals surface area contributed by atoms with Gasteiger partial charge in [0.2, 0.25) is 5.91 Å². The zero-order chi connectivity index (χ0) is 19.8. The SMILES string of the molecule is CC(=O)NCC1(n2ccccc2=O)CC(C)(C)Oc2ccc([N+](=O)[O-])cc21. The topological polar surface area (TPSA) is 103 Å². The first kappa shape index (κ1) is 18.6. The Balaban J connectivity index is 2.33. The molecule has 3 rings (SSSR count). The van der Waals surface area contributed by atoms with Crippen molar-refractivity contribution in [3.05, 3.63) is 68.6 Å². The van der Waals surface area contributed by atoms with Gasteiger partial charge in [-0.15, -0.1) is 0 Å². The quantitative estimate of drug-likeness (QED) is 0.655. The zero-order valence-corrected chi connectivity index (χ0v) is 15.4. The number of hydrogen-bond donors (Lipinski definition) is 1. The fourth-order valence-electron chi connectivity index (χ4n) is 3.73. The van der Waals surface area contributed by atoms with Crippen molar-refractivity contribution >= 4 is 11.6 Å². The Labute approximate surface area is 155 Å². The van der Waals surface area contributed by atoms with E-state index in [2.05, 4.69) is 5.32 Å². The Kier molecular flexibility index (Phi) is 4.51. The van der Waals surface area contributed by atoms with Gasteiger partial charge >= 0.3 is 0 Å². The molecule has 1 atom stereocenters. The molecule has 142 valence electrons. The average Bonchev–Trinajstić information content (AvgIpc) is 2.58. The van der Waals surface area contributed by atoms with E-state index in [9.17, 15) is 19.7 Å². The highest BCUT2D eigenvalue weighted by Crippen LogP contribution is 2.46. The van der Waals surface area contributed by atoms with Crippen molar-refractivity contribution in [2.24, 2.45) is 0 Å². The van der Waals surface area contributed by atoms with E-state index < -0.39 is 16.1 Å². The van der Waals surface area contributed by atoms with E-state index in [0.717, 1.165) is 0 Å². The maximum atomic E-state index is 12.7. The molecule has 1 aromatic carbocycles. The summed E-state index contributed by atoms with van der Waals surface area (Å²) in [4.78, 5) is 35.2. The van der Waals surface area contributed by atoms with Gasteiger partial charge in [0.05, 0.1) is 10.5 Å². The van der Waals surface area contributed by atoms with Gasteiger partial charge in [0.25, 0.3) is 11.2 Å². The van der Waals surface area contributed by atoms with Crippen molar-refractivity contribution in [2.45, 2.75) is 38.3 Å². The Hall–Kier alpha value is -3.16. The number of nitrogens with one attached hydrogen (secondary N) is 1. The van der Waals surface area contributed by atoms with E-state index in [-0.39, 0.29) is 23.7 Å². The van der Waals surface area contributed by atoms with E-state index in [0.29, 0.717) is 17.7 Å². The largest absolute Gasteiger partial charge is 0.487 e. The summed E-state index contributed by atoms with van der Waals surface area (Å²) < 4.78 is 7.55. The van der Waals surface area contributed by atoms with E-state index in [1.165, 1.54) is 29.7 Å². The van der Waals surface area contributed by atoms with Crippen molar-refractivity contribution in [1.29, 1.82) is 0 Å². The van der Waals surface area contributed by atoms with Gasteiger partial charge in [-0.3, -0.25) is 19.7 Å². The average molecular weight is 371 g/mol. The van der Waals surface area contributed by atoms with Crippen molar-refractivity contribution in [3.63, 3.8) is 0 Å². The van der Waals surface area contributed by atoms with Crippen molar-refractivity contribution in [1.82, 2.24) is 9.88 Å². The molecule has 0 saturated heterocycles. The predicted octanol–water partition coefficient (Wildman–Crippen LogP) is 2.20. The standard InChI is InChI=1S/C19H21N3O5/c1-13(23)20-12-19(21-9-5-4-6-17(21)24)11-18(2,3)27-16-8-7-14(22(25)26)10-15(16)19/h4-10H,11-12H2,1-3H3,(H,20,23). The third-order valence-corrected chi connectivity index (χ3v) is 4.69. The third kappa shape index (κ3) is 3.42. The van der Waals surface area contributed by atoms with Crippen LogP contribution in [0.15, 0.2) is 47.4 Å². The molecule has 8 heteroatoms.